The van der Waals surface area contributed by atoms with Crippen molar-refractivity contribution >= 4 is 28.4 Å². The predicted octanol–water partition coefficient (Wildman–Crippen LogP) is 2.89. The van der Waals surface area contributed by atoms with Gasteiger partial charge in [-0.1, -0.05) is 0 Å². The van der Waals surface area contributed by atoms with Crippen LogP contribution in [0.1, 0.15) is 16.8 Å². The third-order valence-electron chi connectivity index (χ3n) is 4.46. The summed E-state index contributed by atoms with van der Waals surface area (Å²) in [6, 6.07) is 3.63. The first-order valence-corrected chi connectivity index (χ1v) is 8.38. The van der Waals surface area contributed by atoms with Crippen LogP contribution in [-0.2, 0) is 13.1 Å². The highest BCUT2D eigenvalue weighted by Crippen LogP contribution is 2.31. The highest BCUT2D eigenvalue weighted by atomic mass is 19.4. The summed E-state index contributed by atoms with van der Waals surface area (Å²) in [6.07, 6.45) is 0.576. The Bertz CT molecular complexity index is 1010. The van der Waals surface area contributed by atoms with Gasteiger partial charge in [0.15, 0.2) is 0 Å². The third kappa shape index (κ3) is 3.46. The van der Waals surface area contributed by atoms with Crippen molar-refractivity contribution in [1.82, 2.24) is 19.3 Å². The summed E-state index contributed by atoms with van der Waals surface area (Å²) in [5.74, 6) is 0.607. The number of hydrogen-bond acceptors (Lipinski definition) is 5. The zero-order chi connectivity index (χ0) is 19.2. The fourth-order valence-electron chi connectivity index (χ4n) is 3.18. The molecule has 3 aromatic heterocycles. The van der Waals surface area contributed by atoms with E-state index in [9.17, 15) is 18.0 Å². The molecule has 10 heteroatoms. The summed E-state index contributed by atoms with van der Waals surface area (Å²) in [6.45, 7) is -0.226. The smallest absolute Gasteiger partial charge is 0.372 e. The molecule has 0 fully saturated rings. The number of carbonyl (C=O) groups is 1. The summed E-state index contributed by atoms with van der Waals surface area (Å²) in [7, 11) is 1.91. The first-order chi connectivity index (χ1) is 12.8. The Morgan fingerprint density at radius 1 is 1.33 bits per heavy atom. The fourth-order valence-corrected chi connectivity index (χ4v) is 3.18. The van der Waals surface area contributed by atoms with Crippen molar-refractivity contribution in [2.24, 2.45) is 0 Å². The zero-order valence-corrected chi connectivity index (χ0v) is 14.5. The van der Waals surface area contributed by atoms with E-state index < -0.39 is 12.7 Å². The van der Waals surface area contributed by atoms with Crippen LogP contribution in [0.2, 0.25) is 0 Å². The Balaban J connectivity index is 1.56. The highest BCUT2D eigenvalue weighted by molar-refractivity contribution is 6.00. The minimum absolute atomic E-state index is 0.0233. The zero-order valence-electron chi connectivity index (χ0n) is 14.5. The Morgan fingerprint density at radius 2 is 2.15 bits per heavy atom. The number of halogens is 3. The normalized spacial score (nSPS) is 14.7. The number of alkyl halides is 3. The number of anilines is 2. The van der Waals surface area contributed by atoms with Gasteiger partial charge in [-0.3, -0.25) is 14.0 Å². The summed E-state index contributed by atoms with van der Waals surface area (Å²) in [5.41, 5.74) is 2.95. The van der Waals surface area contributed by atoms with Gasteiger partial charge < -0.3 is 10.2 Å². The standard InChI is InChI=1S/C17H17F3N6O/c1-24-4-3-15(27)26-5-2-12-16(26)13(24)6-14(23-12)21-7-11-8-22-25(9-11)10-17(18,19)20/h2,5-6,8-9H,3-4,7,10H2,1H3,(H,21,23). The maximum Gasteiger partial charge on any atom is 0.408 e. The molecule has 27 heavy (non-hydrogen) atoms. The molecule has 0 amide bonds. The molecule has 0 bridgehead atoms. The fraction of sp³-hybridized carbons (Fsp3) is 0.353. The van der Waals surface area contributed by atoms with Crippen LogP contribution in [0, 0.1) is 0 Å². The lowest BCUT2D eigenvalue weighted by atomic mass is 10.2. The largest absolute Gasteiger partial charge is 0.408 e. The number of pyridine rings is 1. The van der Waals surface area contributed by atoms with E-state index in [0.717, 1.165) is 15.9 Å². The van der Waals surface area contributed by atoms with E-state index in [2.05, 4.69) is 15.4 Å². The van der Waals surface area contributed by atoms with Crippen LogP contribution < -0.4 is 10.2 Å². The minimum Gasteiger partial charge on any atom is -0.372 e. The molecule has 4 heterocycles. The van der Waals surface area contributed by atoms with E-state index in [4.69, 9.17) is 0 Å². The van der Waals surface area contributed by atoms with Crippen LogP contribution >= 0.6 is 0 Å². The van der Waals surface area contributed by atoms with E-state index in [1.165, 1.54) is 12.4 Å². The second-order valence-electron chi connectivity index (χ2n) is 6.53. The first-order valence-electron chi connectivity index (χ1n) is 8.38. The highest BCUT2D eigenvalue weighted by Gasteiger charge is 2.28. The Morgan fingerprint density at radius 3 is 2.93 bits per heavy atom. The number of nitrogens with zero attached hydrogens (tertiary/aromatic N) is 5. The van der Waals surface area contributed by atoms with Gasteiger partial charge in [0.2, 0.25) is 5.91 Å². The van der Waals surface area contributed by atoms with Crippen molar-refractivity contribution in [2.75, 3.05) is 23.8 Å². The molecule has 0 atom stereocenters. The monoisotopic (exact) mass is 378 g/mol. The number of hydrogen-bond donors (Lipinski definition) is 1. The van der Waals surface area contributed by atoms with Gasteiger partial charge in [0.25, 0.3) is 0 Å². The number of carbonyl (C=O) groups excluding carboxylic acids is 1. The topological polar surface area (TPSA) is 68.0 Å². The average molecular weight is 378 g/mol. The molecule has 0 spiro atoms. The van der Waals surface area contributed by atoms with Crippen LogP contribution in [0.25, 0.3) is 11.0 Å². The van der Waals surface area contributed by atoms with Gasteiger partial charge in [-0.15, -0.1) is 0 Å². The Labute approximate surface area is 152 Å². The Kier molecular flexibility index (Phi) is 4.05. The molecule has 1 N–H and O–H groups in total. The van der Waals surface area contributed by atoms with Crippen molar-refractivity contribution in [3.63, 3.8) is 0 Å². The maximum atomic E-state index is 12.4. The number of aromatic nitrogens is 4. The van der Waals surface area contributed by atoms with E-state index in [0.29, 0.717) is 36.4 Å². The number of rotatable bonds is 4. The minimum atomic E-state index is -4.31. The molecule has 7 nitrogen and oxygen atoms in total. The van der Waals surface area contributed by atoms with Gasteiger partial charge in [-0.25, -0.2) is 4.98 Å². The van der Waals surface area contributed by atoms with Crippen molar-refractivity contribution in [2.45, 2.75) is 25.7 Å². The number of nitrogens with one attached hydrogen (secondary N) is 1. The van der Waals surface area contributed by atoms with E-state index in [1.54, 1.807) is 16.8 Å². The molecular weight excluding hydrogens is 361 g/mol. The van der Waals surface area contributed by atoms with Gasteiger partial charge in [-0.2, -0.15) is 18.3 Å². The molecule has 0 aliphatic carbocycles. The summed E-state index contributed by atoms with van der Waals surface area (Å²) >= 11 is 0. The third-order valence-corrected chi connectivity index (χ3v) is 4.46. The van der Waals surface area contributed by atoms with Crippen molar-refractivity contribution in [3.05, 3.63) is 36.3 Å². The first kappa shape index (κ1) is 17.4. The van der Waals surface area contributed by atoms with E-state index >= 15 is 0 Å². The van der Waals surface area contributed by atoms with Crippen molar-refractivity contribution in [1.29, 1.82) is 0 Å². The summed E-state index contributed by atoms with van der Waals surface area (Å²) in [5, 5.41) is 6.85. The quantitative estimate of drug-likeness (QED) is 0.756. The lowest BCUT2D eigenvalue weighted by Gasteiger charge is -2.18. The van der Waals surface area contributed by atoms with Crippen LogP contribution in [0.3, 0.4) is 0 Å². The molecule has 142 valence electrons. The van der Waals surface area contributed by atoms with Crippen molar-refractivity contribution < 1.29 is 18.0 Å². The Hall–Kier alpha value is -3.04. The van der Waals surface area contributed by atoms with Gasteiger partial charge in [0.05, 0.1) is 22.9 Å². The van der Waals surface area contributed by atoms with Crippen molar-refractivity contribution in [3.8, 4) is 0 Å². The molecule has 0 saturated heterocycles. The van der Waals surface area contributed by atoms with Crippen LogP contribution in [0.4, 0.5) is 24.7 Å². The average Bonchev–Trinajstić information content (AvgIpc) is 3.19. The summed E-state index contributed by atoms with van der Waals surface area (Å²) in [4.78, 5) is 18.7. The van der Waals surface area contributed by atoms with Gasteiger partial charge >= 0.3 is 6.18 Å². The molecule has 0 unspecified atom stereocenters. The molecule has 0 aromatic carbocycles. The van der Waals surface area contributed by atoms with Crippen LogP contribution in [-0.4, -0.2) is 45.0 Å². The van der Waals surface area contributed by atoms with Gasteiger partial charge in [-0.05, 0) is 6.07 Å². The molecule has 1 aliphatic heterocycles. The predicted molar refractivity (Wildman–Crippen MR) is 93.9 cm³/mol. The molecule has 0 radical (unpaired) electrons. The van der Waals surface area contributed by atoms with Crippen LogP contribution in [0.5, 0.6) is 0 Å². The molecule has 4 rings (SSSR count). The molecule has 3 aromatic rings. The lowest BCUT2D eigenvalue weighted by molar-refractivity contribution is -0.142. The van der Waals surface area contributed by atoms with Crippen LogP contribution in [0.15, 0.2) is 30.7 Å². The molecule has 1 aliphatic rings. The second kappa shape index (κ2) is 6.29. The van der Waals surface area contributed by atoms with Gasteiger partial charge in [0.1, 0.15) is 12.4 Å². The van der Waals surface area contributed by atoms with Gasteiger partial charge in [0, 0.05) is 50.6 Å². The molecule has 0 saturated carbocycles. The van der Waals surface area contributed by atoms with E-state index in [1.807, 2.05) is 18.0 Å². The van der Waals surface area contributed by atoms with E-state index in [-0.39, 0.29) is 5.91 Å². The molecular formula is C17H17F3N6O. The SMILES string of the molecule is CN1CCC(=O)n2ccc3nc(NCc4cnn(CC(F)(F)F)c4)cc1c32. The lowest BCUT2D eigenvalue weighted by Crippen LogP contribution is -2.19. The maximum absolute atomic E-state index is 12.4. The summed E-state index contributed by atoms with van der Waals surface area (Å²) < 4.78 is 39.7. The second-order valence-corrected chi connectivity index (χ2v) is 6.53.